The molecule has 0 bridgehead atoms. The topological polar surface area (TPSA) is 25.4 Å². The number of alkyl halides is 1. The highest BCUT2D eigenvalue weighted by Crippen LogP contribution is 2.22. The fraction of sp³-hybridized carbons (Fsp3) is 0.500. The van der Waals surface area contributed by atoms with E-state index < -0.39 is 0 Å². The SMILES string of the molecule is COCC(Cl)CN(C)c1ncccc1Br. The highest BCUT2D eigenvalue weighted by atomic mass is 79.9. The Labute approximate surface area is 104 Å². The molecule has 0 aliphatic rings. The van der Waals surface area contributed by atoms with Gasteiger partial charge in [-0.05, 0) is 28.1 Å². The zero-order chi connectivity index (χ0) is 11.3. The summed E-state index contributed by atoms with van der Waals surface area (Å²) in [5.41, 5.74) is 0. The lowest BCUT2D eigenvalue weighted by Crippen LogP contribution is -2.29. The van der Waals surface area contributed by atoms with Gasteiger partial charge in [-0.25, -0.2) is 4.98 Å². The first-order valence-corrected chi connectivity index (χ1v) is 5.82. The van der Waals surface area contributed by atoms with E-state index in [0.29, 0.717) is 13.2 Å². The first kappa shape index (κ1) is 12.7. The van der Waals surface area contributed by atoms with Crippen LogP contribution in [0.2, 0.25) is 0 Å². The van der Waals surface area contributed by atoms with Crippen molar-refractivity contribution in [3.8, 4) is 0 Å². The highest BCUT2D eigenvalue weighted by Gasteiger charge is 2.11. The Morgan fingerprint density at radius 3 is 3.00 bits per heavy atom. The molecule has 84 valence electrons. The molecule has 0 saturated heterocycles. The van der Waals surface area contributed by atoms with Gasteiger partial charge in [0.05, 0.1) is 16.5 Å². The summed E-state index contributed by atoms with van der Waals surface area (Å²) in [7, 11) is 3.60. The lowest BCUT2D eigenvalue weighted by Gasteiger charge is -2.21. The fourth-order valence-corrected chi connectivity index (χ4v) is 2.17. The number of hydrogen-bond donors (Lipinski definition) is 0. The van der Waals surface area contributed by atoms with Crippen LogP contribution in [0.5, 0.6) is 0 Å². The quantitative estimate of drug-likeness (QED) is 0.780. The second-order valence-electron chi connectivity index (χ2n) is 3.24. The normalized spacial score (nSPS) is 12.5. The maximum atomic E-state index is 6.07. The van der Waals surface area contributed by atoms with Gasteiger partial charge in [0, 0.05) is 26.9 Å². The molecule has 5 heteroatoms. The van der Waals surface area contributed by atoms with Gasteiger partial charge in [0.15, 0.2) is 0 Å². The molecule has 1 atom stereocenters. The van der Waals surface area contributed by atoms with Gasteiger partial charge in [0.2, 0.25) is 0 Å². The van der Waals surface area contributed by atoms with Crippen LogP contribution in [0.1, 0.15) is 0 Å². The standard InChI is InChI=1S/C10H14BrClN2O/c1-14(6-8(12)7-15-2)10-9(11)4-3-5-13-10/h3-5,8H,6-7H2,1-2H3. The van der Waals surface area contributed by atoms with Crippen LogP contribution in [0, 0.1) is 0 Å². The smallest absolute Gasteiger partial charge is 0.142 e. The molecule has 0 aliphatic carbocycles. The molecule has 1 unspecified atom stereocenters. The Bertz CT molecular complexity index is 311. The maximum absolute atomic E-state index is 6.07. The van der Waals surface area contributed by atoms with E-state index >= 15 is 0 Å². The van der Waals surface area contributed by atoms with Crippen molar-refractivity contribution < 1.29 is 4.74 Å². The number of pyridine rings is 1. The summed E-state index contributed by atoms with van der Waals surface area (Å²) >= 11 is 9.52. The van der Waals surface area contributed by atoms with Crippen LogP contribution < -0.4 is 4.90 Å². The monoisotopic (exact) mass is 292 g/mol. The van der Waals surface area contributed by atoms with Gasteiger partial charge in [-0.3, -0.25) is 0 Å². The Kier molecular flexibility index (Phi) is 5.36. The zero-order valence-corrected chi connectivity index (χ0v) is 11.1. The Balaban J connectivity index is 2.61. The summed E-state index contributed by atoms with van der Waals surface area (Å²) in [5, 5.41) is -0.0334. The molecular weight excluding hydrogens is 279 g/mol. The summed E-state index contributed by atoms with van der Waals surface area (Å²) in [6.07, 6.45) is 1.76. The number of methoxy groups -OCH3 is 1. The van der Waals surface area contributed by atoms with Crippen LogP contribution in [-0.4, -0.2) is 37.7 Å². The second kappa shape index (κ2) is 6.30. The van der Waals surface area contributed by atoms with Gasteiger partial charge in [0.1, 0.15) is 5.82 Å². The third kappa shape index (κ3) is 3.97. The van der Waals surface area contributed by atoms with Crippen LogP contribution in [0.25, 0.3) is 0 Å². The predicted octanol–water partition coefficient (Wildman–Crippen LogP) is 2.53. The fourth-order valence-electron chi connectivity index (χ4n) is 1.28. The molecule has 1 aromatic heterocycles. The molecule has 1 rings (SSSR count). The third-order valence-electron chi connectivity index (χ3n) is 1.92. The largest absolute Gasteiger partial charge is 0.383 e. The van der Waals surface area contributed by atoms with E-state index in [1.807, 2.05) is 24.1 Å². The lowest BCUT2D eigenvalue weighted by molar-refractivity contribution is 0.199. The number of halogens is 2. The summed E-state index contributed by atoms with van der Waals surface area (Å²) < 4.78 is 5.95. The molecule has 0 aromatic carbocycles. The van der Waals surface area contributed by atoms with Crippen molar-refractivity contribution in [2.75, 3.05) is 32.2 Å². The molecule has 0 radical (unpaired) electrons. The Hall–Kier alpha value is -0.320. The van der Waals surface area contributed by atoms with E-state index in [4.69, 9.17) is 16.3 Å². The molecule has 0 saturated carbocycles. The Morgan fingerprint density at radius 1 is 1.67 bits per heavy atom. The molecular formula is C10H14BrClN2O. The van der Waals surface area contributed by atoms with Crippen molar-refractivity contribution in [2.24, 2.45) is 0 Å². The zero-order valence-electron chi connectivity index (χ0n) is 8.78. The number of rotatable bonds is 5. The van der Waals surface area contributed by atoms with Gasteiger partial charge in [-0.15, -0.1) is 11.6 Å². The highest BCUT2D eigenvalue weighted by molar-refractivity contribution is 9.10. The van der Waals surface area contributed by atoms with E-state index in [2.05, 4.69) is 20.9 Å². The van der Waals surface area contributed by atoms with E-state index in [1.165, 1.54) is 0 Å². The minimum absolute atomic E-state index is 0.0334. The van der Waals surface area contributed by atoms with Gasteiger partial charge >= 0.3 is 0 Å². The number of nitrogens with zero attached hydrogens (tertiary/aromatic N) is 2. The average Bonchev–Trinajstić information content (AvgIpc) is 2.18. The first-order valence-electron chi connectivity index (χ1n) is 4.59. The van der Waals surface area contributed by atoms with Crippen molar-refractivity contribution in [1.82, 2.24) is 4.98 Å². The van der Waals surface area contributed by atoms with Crippen molar-refractivity contribution in [1.29, 1.82) is 0 Å². The van der Waals surface area contributed by atoms with E-state index in [-0.39, 0.29) is 5.38 Å². The Morgan fingerprint density at radius 2 is 2.40 bits per heavy atom. The number of anilines is 1. The van der Waals surface area contributed by atoms with Gasteiger partial charge in [-0.1, -0.05) is 0 Å². The van der Waals surface area contributed by atoms with Crippen molar-refractivity contribution in [2.45, 2.75) is 5.38 Å². The predicted molar refractivity (Wildman–Crippen MR) is 66.7 cm³/mol. The van der Waals surface area contributed by atoms with Gasteiger partial charge < -0.3 is 9.64 Å². The number of hydrogen-bond acceptors (Lipinski definition) is 3. The van der Waals surface area contributed by atoms with Crippen LogP contribution in [0.3, 0.4) is 0 Å². The summed E-state index contributed by atoms with van der Waals surface area (Å²) in [6.45, 7) is 1.24. The van der Waals surface area contributed by atoms with Gasteiger partial charge in [0.25, 0.3) is 0 Å². The molecule has 0 fully saturated rings. The molecule has 3 nitrogen and oxygen atoms in total. The second-order valence-corrected chi connectivity index (χ2v) is 4.71. The third-order valence-corrected chi connectivity index (χ3v) is 2.80. The molecule has 0 spiro atoms. The van der Waals surface area contributed by atoms with Crippen LogP contribution in [0.15, 0.2) is 22.8 Å². The van der Waals surface area contributed by atoms with Crippen molar-refractivity contribution >= 4 is 33.3 Å². The van der Waals surface area contributed by atoms with Crippen molar-refractivity contribution in [3.63, 3.8) is 0 Å². The van der Waals surface area contributed by atoms with Gasteiger partial charge in [-0.2, -0.15) is 0 Å². The molecule has 0 amide bonds. The minimum Gasteiger partial charge on any atom is -0.383 e. The molecule has 0 aliphatic heterocycles. The average molecular weight is 294 g/mol. The van der Waals surface area contributed by atoms with Crippen LogP contribution in [0.4, 0.5) is 5.82 Å². The van der Waals surface area contributed by atoms with Crippen LogP contribution >= 0.6 is 27.5 Å². The van der Waals surface area contributed by atoms with E-state index in [0.717, 1.165) is 10.3 Å². The summed E-state index contributed by atoms with van der Waals surface area (Å²) in [5.74, 6) is 0.888. The van der Waals surface area contributed by atoms with Crippen LogP contribution in [-0.2, 0) is 4.74 Å². The molecule has 1 aromatic rings. The molecule has 1 heterocycles. The number of aromatic nitrogens is 1. The van der Waals surface area contributed by atoms with E-state index in [1.54, 1.807) is 13.3 Å². The van der Waals surface area contributed by atoms with E-state index in [9.17, 15) is 0 Å². The molecule has 15 heavy (non-hydrogen) atoms. The number of ether oxygens (including phenoxy) is 1. The molecule has 0 N–H and O–H groups in total. The minimum atomic E-state index is -0.0334. The lowest BCUT2D eigenvalue weighted by atomic mass is 10.4. The first-order chi connectivity index (χ1) is 7.15. The maximum Gasteiger partial charge on any atom is 0.142 e. The summed E-state index contributed by atoms with van der Waals surface area (Å²) in [4.78, 5) is 6.27. The van der Waals surface area contributed by atoms with Crippen molar-refractivity contribution in [3.05, 3.63) is 22.8 Å². The summed E-state index contributed by atoms with van der Waals surface area (Å²) in [6, 6.07) is 3.84.